The quantitative estimate of drug-likeness (QED) is 0.499. The van der Waals surface area contributed by atoms with Crippen molar-refractivity contribution >= 4 is 23.5 Å². The van der Waals surface area contributed by atoms with Crippen LogP contribution in [-0.4, -0.2) is 40.8 Å². The first-order valence-corrected chi connectivity index (χ1v) is 10.5. The zero-order valence-corrected chi connectivity index (χ0v) is 17.9. The van der Waals surface area contributed by atoms with Gasteiger partial charge in [-0.25, -0.2) is 4.79 Å². The standard InChI is InChI=1S/C25H21F2N3O4/c26-24(27)34-20-14-8-7-13-19(20)28-21(31)16-30-23(32)22(18-11-5-2-6-12-18)29(25(30)33)15-17-9-3-1-4-10-17/h1-14,22,24H,15-16H2,(H,28,31). The molecule has 0 bridgehead atoms. The molecule has 4 rings (SSSR count). The van der Waals surface area contributed by atoms with Crippen LogP contribution in [0.25, 0.3) is 0 Å². The number of benzene rings is 3. The van der Waals surface area contributed by atoms with Crippen molar-refractivity contribution in [3.63, 3.8) is 0 Å². The summed E-state index contributed by atoms with van der Waals surface area (Å²) in [6.45, 7) is -3.47. The summed E-state index contributed by atoms with van der Waals surface area (Å²) in [5.74, 6) is -1.49. The van der Waals surface area contributed by atoms with Gasteiger partial charge in [-0.05, 0) is 23.3 Å². The summed E-state index contributed by atoms with van der Waals surface area (Å²) in [6.07, 6.45) is 0. The van der Waals surface area contributed by atoms with E-state index in [0.717, 1.165) is 10.5 Å². The number of halogens is 2. The molecule has 4 amide bonds. The lowest BCUT2D eigenvalue weighted by molar-refractivity contribution is -0.131. The number of carbonyl (C=O) groups is 3. The maximum Gasteiger partial charge on any atom is 0.387 e. The van der Waals surface area contributed by atoms with Crippen LogP contribution < -0.4 is 10.1 Å². The van der Waals surface area contributed by atoms with Gasteiger partial charge < -0.3 is 15.0 Å². The molecular formula is C25H21F2N3O4. The lowest BCUT2D eigenvalue weighted by atomic mass is 10.1. The van der Waals surface area contributed by atoms with Crippen molar-refractivity contribution in [2.75, 3.05) is 11.9 Å². The number of hydrogen-bond acceptors (Lipinski definition) is 4. The van der Waals surface area contributed by atoms with Gasteiger partial charge in [-0.2, -0.15) is 8.78 Å². The largest absolute Gasteiger partial charge is 0.433 e. The van der Waals surface area contributed by atoms with E-state index >= 15 is 0 Å². The molecule has 1 fully saturated rings. The molecule has 0 radical (unpaired) electrons. The first-order valence-electron chi connectivity index (χ1n) is 10.5. The topological polar surface area (TPSA) is 79.0 Å². The number of nitrogens with one attached hydrogen (secondary N) is 1. The number of amides is 4. The number of imide groups is 1. The molecule has 1 heterocycles. The number of hydrogen-bond donors (Lipinski definition) is 1. The highest BCUT2D eigenvalue weighted by atomic mass is 19.3. The first kappa shape index (κ1) is 22.9. The van der Waals surface area contributed by atoms with E-state index in [1.807, 2.05) is 30.3 Å². The van der Waals surface area contributed by atoms with E-state index in [-0.39, 0.29) is 18.0 Å². The second-order valence-electron chi connectivity index (χ2n) is 7.56. The molecule has 1 aliphatic rings. The molecule has 1 N–H and O–H groups in total. The third-order valence-electron chi connectivity index (χ3n) is 5.28. The number of carbonyl (C=O) groups excluding carboxylic acids is 3. The molecule has 9 heteroatoms. The van der Waals surface area contributed by atoms with Crippen molar-refractivity contribution < 1.29 is 27.9 Å². The van der Waals surface area contributed by atoms with E-state index < -0.39 is 37.0 Å². The second-order valence-corrected chi connectivity index (χ2v) is 7.56. The van der Waals surface area contributed by atoms with Gasteiger partial charge in [0.15, 0.2) is 0 Å². The van der Waals surface area contributed by atoms with Gasteiger partial charge in [-0.1, -0.05) is 72.8 Å². The molecule has 0 saturated carbocycles. The van der Waals surface area contributed by atoms with Crippen molar-refractivity contribution in [2.45, 2.75) is 19.2 Å². The molecule has 3 aromatic rings. The minimum Gasteiger partial charge on any atom is -0.433 e. The molecule has 174 valence electrons. The van der Waals surface area contributed by atoms with Gasteiger partial charge in [-0.15, -0.1) is 0 Å². The number of ether oxygens (including phenoxy) is 1. The van der Waals surface area contributed by atoms with Crippen LogP contribution in [0.2, 0.25) is 0 Å². The fraction of sp³-hybridized carbons (Fsp3) is 0.160. The third-order valence-corrected chi connectivity index (χ3v) is 5.28. The van der Waals surface area contributed by atoms with Crippen LogP contribution in [-0.2, 0) is 16.1 Å². The molecule has 0 aromatic heterocycles. The number of nitrogens with zero attached hydrogens (tertiary/aromatic N) is 2. The van der Waals surface area contributed by atoms with E-state index in [2.05, 4.69) is 10.1 Å². The molecule has 1 atom stereocenters. The molecule has 0 aliphatic carbocycles. The summed E-state index contributed by atoms with van der Waals surface area (Å²) in [6, 6.07) is 22.2. The van der Waals surface area contributed by atoms with Crippen LogP contribution in [0.4, 0.5) is 19.3 Å². The van der Waals surface area contributed by atoms with E-state index in [4.69, 9.17) is 0 Å². The van der Waals surface area contributed by atoms with Crippen molar-refractivity contribution in [2.24, 2.45) is 0 Å². The highest BCUT2D eigenvalue weighted by Gasteiger charge is 2.46. The smallest absolute Gasteiger partial charge is 0.387 e. The highest BCUT2D eigenvalue weighted by molar-refractivity contribution is 6.08. The van der Waals surface area contributed by atoms with Gasteiger partial charge in [0, 0.05) is 6.54 Å². The van der Waals surface area contributed by atoms with E-state index in [1.165, 1.54) is 29.2 Å². The minimum atomic E-state index is -3.07. The van der Waals surface area contributed by atoms with E-state index in [9.17, 15) is 23.2 Å². The number of rotatable bonds is 8. The Morgan fingerprint density at radius 1 is 0.912 bits per heavy atom. The SMILES string of the molecule is O=C(CN1C(=O)C(c2ccccc2)N(Cc2ccccc2)C1=O)Nc1ccccc1OC(F)F. The van der Waals surface area contributed by atoms with Gasteiger partial charge in [0.2, 0.25) is 5.91 Å². The molecule has 7 nitrogen and oxygen atoms in total. The summed E-state index contributed by atoms with van der Waals surface area (Å²) >= 11 is 0. The molecule has 3 aromatic carbocycles. The maximum absolute atomic E-state index is 13.3. The predicted molar refractivity (Wildman–Crippen MR) is 120 cm³/mol. The van der Waals surface area contributed by atoms with Gasteiger partial charge >= 0.3 is 12.6 Å². The predicted octanol–water partition coefficient (Wildman–Crippen LogP) is 4.43. The van der Waals surface area contributed by atoms with Gasteiger partial charge in [0.1, 0.15) is 18.3 Å². The Hall–Kier alpha value is -4.27. The highest BCUT2D eigenvalue weighted by Crippen LogP contribution is 2.33. The average molecular weight is 465 g/mol. The second kappa shape index (κ2) is 10.1. The summed E-state index contributed by atoms with van der Waals surface area (Å²) in [4.78, 5) is 41.5. The Morgan fingerprint density at radius 3 is 2.21 bits per heavy atom. The van der Waals surface area contributed by atoms with Gasteiger partial charge in [-0.3, -0.25) is 14.5 Å². The summed E-state index contributed by atoms with van der Waals surface area (Å²) < 4.78 is 29.7. The van der Waals surface area contributed by atoms with Gasteiger partial charge in [0.05, 0.1) is 5.69 Å². The first-order chi connectivity index (χ1) is 16.4. The Kier molecular flexibility index (Phi) is 6.82. The van der Waals surface area contributed by atoms with Crippen molar-refractivity contribution in [1.29, 1.82) is 0 Å². The summed E-state index contributed by atoms with van der Waals surface area (Å²) in [7, 11) is 0. The summed E-state index contributed by atoms with van der Waals surface area (Å²) in [5, 5.41) is 2.44. The number of alkyl halides is 2. The molecule has 1 saturated heterocycles. The third kappa shape index (κ3) is 5.03. The van der Waals surface area contributed by atoms with Crippen molar-refractivity contribution in [3.8, 4) is 5.75 Å². The van der Waals surface area contributed by atoms with Crippen LogP contribution in [0.3, 0.4) is 0 Å². The molecule has 1 aliphatic heterocycles. The molecule has 34 heavy (non-hydrogen) atoms. The Labute approximate surface area is 194 Å². The number of anilines is 1. The van der Waals surface area contributed by atoms with Crippen LogP contribution in [0.5, 0.6) is 5.75 Å². The lowest BCUT2D eigenvalue weighted by Crippen LogP contribution is -2.38. The minimum absolute atomic E-state index is 0.00708. The van der Waals surface area contributed by atoms with Gasteiger partial charge in [0.25, 0.3) is 5.91 Å². The molecule has 0 spiro atoms. The molecular weight excluding hydrogens is 444 g/mol. The van der Waals surface area contributed by atoms with E-state index in [0.29, 0.717) is 5.56 Å². The van der Waals surface area contributed by atoms with Crippen molar-refractivity contribution in [3.05, 3.63) is 96.1 Å². The zero-order chi connectivity index (χ0) is 24.1. The van der Waals surface area contributed by atoms with Crippen LogP contribution in [0, 0.1) is 0 Å². The average Bonchev–Trinajstić information content (AvgIpc) is 3.05. The number of urea groups is 1. The van der Waals surface area contributed by atoms with E-state index in [1.54, 1.807) is 30.3 Å². The van der Waals surface area contributed by atoms with Crippen LogP contribution in [0.1, 0.15) is 17.2 Å². The number of para-hydroxylation sites is 2. The fourth-order valence-electron chi connectivity index (χ4n) is 3.79. The lowest BCUT2D eigenvalue weighted by Gasteiger charge is -2.22. The van der Waals surface area contributed by atoms with Crippen LogP contribution in [0.15, 0.2) is 84.9 Å². The van der Waals surface area contributed by atoms with Crippen LogP contribution >= 0.6 is 0 Å². The Bertz CT molecular complexity index is 1180. The fourth-order valence-corrected chi connectivity index (χ4v) is 3.79. The molecule has 1 unspecified atom stereocenters. The Balaban J connectivity index is 1.55. The normalized spacial score (nSPS) is 15.7. The zero-order valence-electron chi connectivity index (χ0n) is 17.9. The van der Waals surface area contributed by atoms with Crippen molar-refractivity contribution in [1.82, 2.24) is 9.80 Å². The Morgan fingerprint density at radius 2 is 1.53 bits per heavy atom. The maximum atomic E-state index is 13.3. The monoisotopic (exact) mass is 465 g/mol. The summed E-state index contributed by atoms with van der Waals surface area (Å²) in [5.41, 5.74) is 1.46.